The third-order valence-corrected chi connectivity index (χ3v) is 3.01. The fourth-order valence-electron chi connectivity index (χ4n) is 2.10. The fourth-order valence-corrected chi connectivity index (χ4v) is 2.10. The summed E-state index contributed by atoms with van der Waals surface area (Å²) in [5.41, 5.74) is 2.12. The van der Waals surface area contributed by atoms with Crippen LogP contribution in [0, 0.1) is 0 Å². The van der Waals surface area contributed by atoms with Crippen molar-refractivity contribution in [3.8, 4) is 5.75 Å². The lowest BCUT2D eigenvalue weighted by Gasteiger charge is -2.22. The fraction of sp³-hybridized carbons (Fsp3) is 0.462. The molecule has 0 saturated heterocycles. The molecule has 2 N–H and O–H groups in total. The van der Waals surface area contributed by atoms with Gasteiger partial charge in [0.2, 0.25) is 0 Å². The monoisotopic (exact) mass is 251 g/mol. The highest BCUT2D eigenvalue weighted by Gasteiger charge is 2.16. The number of ether oxygens (including phenoxy) is 1. The van der Waals surface area contributed by atoms with Crippen molar-refractivity contribution < 1.29 is 19.7 Å². The molecule has 0 amide bonds. The Balaban J connectivity index is 2.00. The van der Waals surface area contributed by atoms with Gasteiger partial charge in [0, 0.05) is 25.7 Å². The Hall–Kier alpha value is -1.75. The molecule has 0 spiro atoms. The summed E-state index contributed by atoms with van der Waals surface area (Å²) in [5, 5.41) is 18.2. The number of carboxylic acid groups (broad SMARTS) is 1. The Morgan fingerprint density at radius 2 is 2.33 bits per heavy atom. The molecule has 0 aliphatic carbocycles. The van der Waals surface area contributed by atoms with Crippen molar-refractivity contribution >= 4 is 11.7 Å². The zero-order valence-electron chi connectivity index (χ0n) is 10.3. The van der Waals surface area contributed by atoms with E-state index in [-0.39, 0.29) is 6.42 Å². The van der Waals surface area contributed by atoms with E-state index in [1.807, 2.05) is 30.1 Å². The Morgan fingerprint density at radius 1 is 1.56 bits per heavy atom. The minimum Gasteiger partial charge on any atom is -0.493 e. The van der Waals surface area contributed by atoms with Gasteiger partial charge in [-0.1, -0.05) is 0 Å². The lowest BCUT2D eigenvalue weighted by Crippen LogP contribution is -2.30. The zero-order chi connectivity index (χ0) is 13.1. The van der Waals surface area contributed by atoms with Crippen LogP contribution in [0.5, 0.6) is 5.75 Å². The number of carbonyl (C=O) groups is 1. The molecule has 0 bridgehead atoms. The van der Waals surface area contributed by atoms with E-state index in [4.69, 9.17) is 9.84 Å². The van der Waals surface area contributed by atoms with Gasteiger partial charge in [-0.2, -0.15) is 0 Å². The van der Waals surface area contributed by atoms with Crippen LogP contribution in [0.3, 0.4) is 0 Å². The van der Waals surface area contributed by atoms with Crippen LogP contribution in [0.25, 0.3) is 0 Å². The highest BCUT2D eigenvalue weighted by molar-refractivity contribution is 5.67. The molecule has 1 aromatic rings. The summed E-state index contributed by atoms with van der Waals surface area (Å²) in [4.78, 5) is 12.3. The average Bonchev–Trinajstić information content (AvgIpc) is 2.74. The second-order valence-electron chi connectivity index (χ2n) is 4.52. The first-order valence-corrected chi connectivity index (χ1v) is 5.93. The molecule has 5 heteroatoms. The van der Waals surface area contributed by atoms with E-state index in [2.05, 4.69) is 0 Å². The van der Waals surface area contributed by atoms with Crippen molar-refractivity contribution in [1.29, 1.82) is 0 Å². The number of aliphatic carboxylic acids is 1. The molecule has 1 unspecified atom stereocenters. The van der Waals surface area contributed by atoms with E-state index < -0.39 is 12.1 Å². The predicted molar refractivity (Wildman–Crippen MR) is 67.2 cm³/mol. The number of anilines is 1. The van der Waals surface area contributed by atoms with Crippen molar-refractivity contribution in [3.05, 3.63) is 23.8 Å². The summed E-state index contributed by atoms with van der Waals surface area (Å²) in [6.07, 6.45) is -0.204. The lowest BCUT2D eigenvalue weighted by molar-refractivity contribution is -0.139. The summed E-state index contributed by atoms with van der Waals surface area (Å²) in [6, 6.07) is 5.85. The molecular formula is C13H17NO4. The largest absolute Gasteiger partial charge is 0.493 e. The van der Waals surface area contributed by atoms with Gasteiger partial charge in [0.15, 0.2) is 0 Å². The van der Waals surface area contributed by atoms with Crippen molar-refractivity contribution in [3.63, 3.8) is 0 Å². The maximum Gasteiger partial charge on any atom is 0.306 e. The summed E-state index contributed by atoms with van der Waals surface area (Å²) in [5.74, 6) is -0.0727. The maximum atomic E-state index is 10.5. The number of likely N-dealkylation sites (N-methyl/N-ethyl adjacent to an activating group) is 1. The molecule has 1 aliphatic heterocycles. The quantitative estimate of drug-likeness (QED) is 0.813. The first-order valence-electron chi connectivity index (χ1n) is 5.93. The lowest BCUT2D eigenvalue weighted by atomic mass is 10.1. The summed E-state index contributed by atoms with van der Waals surface area (Å²) in [7, 11) is 1.84. The van der Waals surface area contributed by atoms with Crippen molar-refractivity contribution in [2.75, 3.05) is 25.1 Å². The van der Waals surface area contributed by atoms with Gasteiger partial charge in [0.25, 0.3) is 0 Å². The smallest absolute Gasteiger partial charge is 0.306 e. The summed E-state index contributed by atoms with van der Waals surface area (Å²) in [6.45, 7) is 1.01. The number of fused-ring (bicyclic) bond motifs is 1. The third kappa shape index (κ3) is 2.92. The molecule has 1 heterocycles. The molecule has 0 radical (unpaired) electrons. The van der Waals surface area contributed by atoms with Gasteiger partial charge in [-0.15, -0.1) is 0 Å². The van der Waals surface area contributed by atoms with Gasteiger partial charge in [-0.25, -0.2) is 0 Å². The van der Waals surface area contributed by atoms with Crippen LogP contribution in [0.1, 0.15) is 12.0 Å². The number of benzene rings is 1. The molecule has 5 nitrogen and oxygen atoms in total. The van der Waals surface area contributed by atoms with Gasteiger partial charge in [-0.05, 0) is 23.8 Å². The van der Waals surface area contributed by atoms with Crippen molar-refractivity contribution in [2.24, 2.45) is 0 Å². The predicted octanol–water partition coefficient (Wildman–Crippen LogP) is 0.893. The number of hydrogen-bond acceptors (Lipinski definition) is 4. The molecule has 1 aromatic carbocycles. The minimum atomic E-state index is -0.988. The van der Waals surface area contributed by atoms with E-state index in [1.165, 1.54) is 0 Å². The molecule has 0 aromatic heterocycles. The Labute approximate surface area is 106 Å². The Kier molecular flexibility index (Phi) is 3.72. The van der Waals surface area contributed by atoms with Crippen molar-refractivity contribution in [1.82, 2.24) is 0 Å². The van der Waals surface area contributed by atoms with Crippen molar-refractivity contribution in [2.45, 2.75) is 18.9 Å². The summed E-state index contributed by atoms with van der Waals surface area (Å²) < 4.78 is 5.42. The van der Waals surface area contributed by atoms with Crippen LogP contribution in [0.4, 0.5) is 5.69 Å². The van der Waals surface area contributed by atoms with E-state index in [0.29, 0.717) is 13.2 Å². The Morgan fingerprint density at radius 3 is 3.06 bits per heavy atom. The van der Waals surface area contributed by atoms with E-state index in [1.54, 1.807) is 0 Å². The maximum absolute atomic E-state index is 10.5. The first-order chi connectivity index (χ1) is 8.56. The van der Waals surface area contributed by atoms with Gasteiger partial charge >= 0.3 is 5.97 Å². The molecule has 1 aliphatic rings. The van der Waals surface area contributed by atoms with Gasteiger partial charge in [0.1, 0.15) is 5.75 Å². The number of hydrogen-bond donors (Lipinski definition) is 2. The van der Waals surface area contributed by atoms with E-state index in [9.17, 15) is 9.90 Å². The average molecular weight is 251 g/mol. The van der Waals surface area contributed by atoms with Gasteiger partial charge in [-0.3, -0.25) is 4.79 Å². The Bertz CT molecular complexity index is 447. The van der Waals surface area contributed by atoms with Crippen LogP contribution in [0.2, 0.25) is 0 Å². The van der Waals surface area contributed by atoms with Gasteiger partial charge in [0.05, 0.1) is 19.1 Å². The topological polar surface area (TPSA) is 70.0 Å². The first kappa shape index (κ1) is 12.7. The minimum absolute atomic E-state index is 0.238. The summed E-state index contributed by atoms with van der Waals surface area (Å²) >= 11 is 0. The zero-order valence-corrected chi connectivity index (χ0v) is 10.3. The molecule has 18 heavy (non-hydrogen) atoms. The molecule has 2 rings (SSSR count). The van der Waals surface area contributed by atoms with E-state index in [0.717, 1.165) is 23.4 Å². The second kappa shape index (κ2) is 5.27. The van der Waals surface area contributed by atoms with Crippen LogP contribution in [-0.4, -0.2) is 42.5 Å². The molecular weight excluding hydrogens is 234 g/mol. The van der Waals surface area contributed by atoms with Crippen LogP contribution in [0.15, 0.2) is 18.2 Å². The second-order valence-corrected chi connectivity index (χ2v) is 4.52. The number of aliphatic hydroxyl groups is 1. The number of carboxylic acids is 1. The highest BCUT2D eigenvalue weighted by atomic mass is 16.5. The molecule has 1 atom stereocenters. The van der Waals surface area contributed by atoms with Crippen LogP contribution >= 0.6 is 0 Å². The standard InChI is InChI=1S/C13H17NO4/c1-14(8-11(15)7-13(16)17)10-2-3-12-9(6-10)4-5-18-12/h2-3,6,11,15H,4-5,7-8H2,1H3,(H,16,17). The number of aliphatic hydroxyl groups excluding tert-OH is 1. The third-order valence-electron chi connectivity index (χ3n) is 3.01. The molecule has 0 fully saturated rings. The molecule has 98 valence electrons. The number of rotatable bonds is 5. The molecule has 0 saturated carbocycles. The van der Waals surface area contributed by atoms with Crippen LogP contribution < -0.4 is 9.64 Å². The SMILES string of the molecule is CN(CC(O)CC(=O)O)c1ccc2c(c1)CCO2. The highest BCUT2D eigenvalue weighted by Crippen LogP contribution is 2.29. The van der Waals surface area contributed by atoms with Gasteiger partial charge < -0.3 is 19.8 Å². The number of nitrogens with zero attached hydrogens (tertiary/aromatic N) is 1. The van der Waals surface area contributed by atoms with Crippen LogP contribution in [-0.2, 0) is 11.2 Å². The van der Waals surface area contributed by atoms with E-state index >= 15 is 0 Å². The normalized spacial score (nSPS) is 14.8.